The molecule has 1 N–H and O–H groups in total. The molecule has 0 radical (unpaired) electrons. The van der Waals surface area contributed by atoms with Gasteiger partial charge in [-0.1, -0.05) is 6.42 Å². The lowest BCUT2D eigenvalue weighted by molar-refractivity contribution is 0.207. The maximum absolute atomic E-state index is 13.3. The molecule has 1 saturated carbocycles. The van der Waals surface area contributed by atoms with Crippen molar-refractivity contribution in [2.24, 2.45) is 0 Å². The zero-order valence-corrected chi connectivity index (χ0v) is 12.0. The zero-order valence-electron chi connectivity index (χ0n) is 12.0. The predicted molar refractivity (Wildman–Crippen MR) is 75.4 cm³/mol. The molecule has 3 rings (SSSR count). The van der Waals surface area contributed by atoms with E-state index in [1.807, 2.05) is 0 Å². The number of benzene rings is 1. The molecule has 21 heavy (non-hydrogen) atoms. The Balaban J connectivity index is 1.67. The van der Waals surface area contributed by atoms with E-state index in [2.05, 4.69) is 10.2 Å². The quantitative estimate of drug-likeness (QED) is 0.840. The molecule has 0 amide bonds. The Kier molecular flexibility index (Phi) is 4.50. The summed E-state index contributed by atoms with van der Waals surface area (Å²) < 4.78 is 39.7. The van der Waals surface area contributed by atoms with Crippen LogP contribution in [0.25, 0.3) is 0 Å². The first-order valence-electron chi connectivity index (χ1n) is 7.74. The van der Waals surface area contributed by atoms with Gasteiger partial charge in [-0.15, -0.1) is 0 Å². The van der Waals surface area contributed by atoms with Crippen LogP contribution in [0.4, 0.5) is 13.2 Å². The molecule has 116 valence electrons. The number of piperidine rings is 1. The van der Waals surface area contributed by atoms with Crippen LogP contribution >= 0.6 is 0 Å². The largest absolute Gasteiger partial charge is 0.313 e. The molecule has 2 fully saturated rings. The first kappa shape index (κ1) is 14.9. The monoisotopic (exact) mass is 298 g/mol. The van der Waals surface area contributed by atoms with Gasteiger partial charge in [-0.2, -0.15) is 0 Å². The Bertz CT molecular complexity index is 473. The van der Waals surface area contributed by atoms with Crippen molar-refractivity contribution in [1.82, 2.24) is 10.2 Å². The number of rotatable bonds is 5. The fourth-order valence-corrected chi connectivity index (χ4v) is 3.08. The lowest BCUT2D eigenvalue weighted by atomic mass is 10.0. The molecule has 1 aliphatic heterocycles. The van der Waals surface area contributed by atoms with Crippen LogP contribution in [0.15, 0.2) is 12.1 Å². The van der Waals surface area contributed by atoms with Crippen molar-refractivity contribution in [3.8, 4) is 0 Å². The highest BCUT2D eigenvalue weighted by atomic mass is 19.2. The van der Waals surface area contributed by atoms with E-state index in [4.69, 9.17) is 0 Å². The van der Waals surface area contributed by atoms with Crippen molar-refractivity contribution in [2.75, 3.05) is 13.1 Å². The minimum absolute atomic E-state index is 0.453. The Morgan fingerprint density at radius 3 is 2.33 bits per heavy atom. The van der Waals surface area contributed by atoms with Gasteiger partial charge in [0.05, 0.1) is 0 Å². The van der Waals surface area contributed by atoms with E-state index in [1.54, 1.807) is 0 Å². The molecule has 0 spiro atoms. The topological polar surface area (TPSA) is 15.3 Å². The van der Waals surface area contributed by atoms with E-state index in [-0.39, 0.29) is 0 Å². The van der Waals surface area contributed by atoms with E-state index in [0.717, 1.165) is 44.5 Å². The first-order chi connectivity index (χ1) is 10.1. The second kappa shape index (κ2) is 6.36. The summed E-state index contributed by atoms with van der Waals surface area (Å²) >= 11 is 0. The number of halogens is 3. The molecule has 1 saturated heterocycles. The van der Waals surface area contributed by atoms with Crippen molar-refractivity contribution >= 4 is 0 Å². The summed E-state index contributed by atoms with van der Waals surface area (Å²) in [5.74, 6) is -3.58. The van der Waals surface area contributed by atoms with Gasteiger partial charge in [0.15, 0.2) is 17.5 Å². The van der Waals surface area contributed by atoms with Crippen LogP contribution in [0.3, 0.4) is 0 Å². The van der Waals surface area contributed by atoms with Gasteiger partial charge < -0.3 is 5.32 Å². The summed E-state index contributed by atoms with van der Waals surface area (Å²) in [7, 11) is 0. The molecular weight excluding hydrogens is 277 g/mol. The third-order valence-electron chi connectivity index (χ3n) is 4.36. The van der Waals surface area contributed by atoms with Crippen molar-refractivity contribution in [3.05, 3.63) is 35.1 Å². The lowest BCUT2D eigenvalue weighted by Gasteiger charge is -2.30. The molecule has 1 unspecified atom stereocenters. The Labute approximate surface area is 123 Å². The number of nitrogens with one attached hydrogen (secondary N) is 1. The molecule has 1 heterocycles. The average Bonchev–Trinajstić information content (AvgIpc) is 3.30. The summed E-state index contributed by atoms with van der Waals surface area (Å²) in [5.41, 5.74) is 0.508. The maximum Gasteiger partial charge on any atom is 0.194 e. The van der Waals surface area contributed by atoms with Crippen molar-refractivity contribution < 1.29 is 13.2 Å². The van der Waals surface area contributed by atoms with Gasteiger partial charge in [0.2, 0.25) is 0 Å². The number of nitrogens with zero attached hydrogens (tertiary/aromatic N) is 1. The predicted octanol–water partition coefficient (Wildman–Crippen LogP) is 3.21. The highest BCUT2D eigenvalue weighted by molar-refractivity contribution is 5.19. The molecule has 0 aromatic heterocycles. The van der Waals surface area contributed by atoms with E-state index in [1.165, 1.54) is 12.8 Å². The van der Waals surface area contributed by atoms with Crippen LogP contribution in [0.2, 0.25) is 0 Å². The highest BCUT2D eigenvalue weighted by Crippen LogP contribution is 2.29. The molecule has 1 aromatic carbocycles. The fraction of sp³-hybridized carbons (Fsp3) is 0.625. The molecule has 0 bridgehead atoms. The molecule has 1 aliphatic carbocycles. The normalized spacial score (nSPS) is 22.8. The highest BCUT2D eigenvalue weighted by Gasteiger charge is 2.31. The number of hydrogen-bond donors (Lipinski definition) is 1. The van der Waals surface area contributed by atoms with Gasteiger partial charge in [0, 0.05) is 25.2 Å². The summed E-state index contributed by atoms with van der Waals surface area (Å²) in [5, 5.41) is 3.50. The van der Waals surface area contributed by atoms with Crippen molar-refractivity contribution in [1.29, 1.82) is 0 Å². The standard InChI is InChI=1S/C16H21F3N2/c17-14-7-11(8-15(18)16(14)19)9-21(13-4-5-13)10-12-3-1-2-6-20-12/h7-8,12-13,20H,1-6,9-10H2. The Morgan fingerprint density at radius 1 is 1.05 bits per heavy atom. The summed E-state index contributed by atoms with van der Waals surface area (Å²) in [4.78, 5) is 2.27. The van der Waals surface area contributed by atoms with Gasteiger partial charge in [0.25, 0.3) is 0 Å². The van der Waals surface area contributed by atoms with Gasteiger partial charge >= 0.3 is 0 Å². The van der Waals surface area contributed by atoms with Crippen LogP contribution in [-0.2, 0) is 6.54 Å². The average molecular weight is 298 g/mol. The molecule has 2 aliphatic rings. The van der Waals surface area contributed by atoms with E-state index >= 15 is 0 Å². The molecular formula is C16H21F3N2. The minimum Gasteiger partial charge on any atom is -0.313 e. The summed E-state index contributed by atoms with van der Waals surface area (Å²) in [6.07, 6.45) is 5.87. The van der Waals surface area contributed by atoms with Gasteiger partial charge in [-0.05, 0) is 49.9 Å². The van der Waals surface area contributed by atoms with E-state index < -0.39 is 17.5 Å². The Morgan fingerprint density at radius 2 is 1.76 bits per heavy atom. The van der Waals surface area contributed by atoms with Crippen molar-refractivity contribution in [2.45, 2.75) is 50.7 Å². The van der Waals surface area contributed by atoms with Crippen LogP contribution in [0.5, 0.6) is 0 Å². The minimum atomic E-state index is -1.38. The van der Waals surface area contributed by atoms with E-state index in [0.29, 0.717) is 24.2 Å². The SMILES string of the molecule is Fc1cc(CN(CC2CCCCN2)C2CC2)cc(F)c1F. The smallest absolute Gasteiger partial charge is 0.194 e. The van der Waals surface area contributed by atoms with Gasteiger partial charge in [0.1, 0.15) is 0 Å². The van der Waals surface area contributed by atoms with Crippen LogP contribution in [0, 0.1) is 17.5 Å². The molecule has 1 aromatic rings. The molecule has 2 nitrogen and oxygen atoms in total. The lowest BCUT2D eigenvalue weighted by Crippen LogP contribution is -2.44. The van der Waals surface area contributed by atoms with Crippen LogP contribution in [0.1, 0.15) is 37.7 Å². The van der Waals surface area contributed by atoms with Crippen molar-refractivity contribution in [3.63, 3.8) is 0 Å². The zero-order chi connectivity index (χ0) is 14.8. The third kappa shape index (κ3) is 3.77. The summed E-state index contributed by atoms with van der Waals surface area (Å²) in [6.45, 7) is 2.42. The molecule has 5 heteroatoms. The fourth-order valence-electron chi connectivity index (χ4n) is 3.08. The van der Waals surface area contributed by atoms with Crippen LogP contribution < -0.4 is 5.32 Å². The third-order valence-corrected chi connectivity index (χ3v) is 4.36. The first-order valence-corrected chi connectivity index (χ1v) is 7.74. The second-order valence-electron chi connectivity index (χ2n) is 6.18. The Hall–Kier alpha value is -1.07. The van der Waals surface area contributed by atoms with E-state index in [9.17, 15) is 13.2 Å². The van der Waals surface area contributed by atoms with Gasteiger partial charge in [-0.25, -0.2) is 13.2 Å². The molecule has 1 atom stereocenters. The number of hydrogen-bond acceptors (Lipinski definition) is 2. The maximum atomic E-state index is 13.3. The van der Waals surface area contributed by atoms with Gasteiger partial charge in [-0.3, -0.25) is 4.90 Å². The van der Waals surface area contributed by atoms with Crippen LogP contribution in [-0.4, -0.2) is 30.1 Å². The second-order valence-corrected chi connectivity index (χ2v) is 6.18. The summed E-state index contributed by atoms with van der Waals surface area (Å²) in [6, 6.07) is 3.18.